The largest absolute Gasteiger partial charge is 0.378 e. The first-order valence-electron chi connectivity index (χ1n) is 7.33. The van der Waals surface area contributed by atoms with Crippen LogP contribution in [0.3, 0.4) is 0 Å². The molecule has 1 aliphatic rings. The molecule has 3 nitrogen and oxygen atoms in total. The van der Waals surface area contributed by atoms with Gasteiger partial charge < -0.3 is 9.72 Å². The van der Waals surface area contributed by atoms with Crippen LogP contribution in [0.25, 0.3) is 11.0 Å². The van der Waals surface area contributed by atoms with E-state index in [9.17, 15) is 4.39 Å². The molecule has 1 aliphatic carbocycles. The van der Waals surface area contributed by atoms with E-state index in [1.54, 1.807) is 6.20 Å². The van der Waals surface area contributed by atoms with Gasteiger partial charge in [0.1, 0.15) is 12.3 Å². The molecule has 0 radical (unpaired) electrons. The van der Waals surface area contributed by atoms with E-state index >= 15 is 0 Å². The van der Waals surface area contributed by atoms with Gasteiger partial charge in [0.15, 0.2) is 0 Å². The molecule has 22 heavy (non-hydrogen) atoms. The summed E-state index contributed by atoms with van der Waals surface area (Å²) in [5.41, 5.74) is 2.70. The topological polar surface area (TPSA) is 37.9 Å². The molecule has 0 aliphatic heterocycles. The normalized spacial score (nSPS) is 17.1. The number of aromatic nitrogens is 2. The number of nitrogens with one attached hydrogen (secondary N) is 1. The summed E-state index contributed by atoms with van der Waals surface area (Å²) in [5, 5.41) is 1.06. The van der Waals surface area contributed by atoms with Crippen molar-refractivity contribution in [1.82, 2.24) is 9.97 Å². The van der Waals surface area contributed by atoms with Crippen molar-refractivity contribution in [2.24, 2.45) is 5.92 Å². The van der Waals surface area contributed by atoms with Gasteiger partial charge in [-0.15, -0.1) is 0 Å². The van der Waals surface area contributed by atoms with Crippen molar-refractivity contribution in [3.05, 3.63) is 53.9 Å². The summed E-state index contributed by atoms with van der Waals surface area (Å²) >= 11 is 0. The highest BCUT2D eigenvalue weighted by atomic mass is 19.1. The molecule has 0 bridgehead atoms. The van der Waals surface area contributed by atoms with E-state index in [4.69, 9.17) is 4.74 Å². The van der Waals surface area contributed by atoms with Gasteiger partial charge in [0.05, 0.1) is 18.9 Å². The summed E-state index contributed by atoms with van der Waals surface area (Å²) < 4.78 is 17.2. The molecule has 1 unspecified atom stereocenters. The Hall–Kier alpha value is -2.38. The van der Waals surface area contributed by atoms with Crippen molar-refractivity contribution in [1.29, 1.82) is 0 Å². The Morgan fingerprint density at radius 3 is 3.14 bits per heavy atom. The van der Waals surface area contributed by atoms with Crippen molar-refractivity contribution < 1.29 is 9.13 Å². The maximum atomic E-state index is 12.0. The molecule has 2 heterocycles. The van der Waals surface area contributed by atoms with Gasteiger partial charge in [-0.3, -0.25) is 0 Å². The summed E-state index contributed by atoms with van der Waals surface area (Å²) in [6.07, 6.45) is 8.81. The predicted molar refractivity (Wildman–Crippen MR) is 85.1 cm³/mol. The van der Waals surface area contributed by atoms with Crippen molar-refractivity contribution in [2.75, 3.05) is 19.9 Å². The second-order valence-corrected chi connectivity index (χ2v) is 5.15. The number of fused-ring (bicyclic) bond motifs is 1. The predicted octanol–water partition coefficient (Wildman–Crippen LogP) is 3.40. The number of allylic oxidation sites excluding steroid dienone is 3. The fraction of sp³-hybridized carbons (Fsp3) is 0.278. The zero-order chi connectivity index (χ0) is 15.2. The Bertz CT molecular complexity index is 731. The third-order valence-corrected chi connectivity index (χ3v) is 3.48. The van der Waals surface area contributed by atoms with E-state index in [0.717, 1.165) is 28.7 Å². The van der Waals surface area contributed by atoms with Gasteiger partial charge in [-0.25, -0.2) is 9.37 Å². The van der Waals surface area contributed by atoms with E-state index < -0.39 is 6.67 Å². The Labute approximate surface area is 128 Å². The molecule has 0 saturated heterocycles. The van der Waals surface area contributed by atoms with Crippen LogP contribution in [0, 0.1) is 17.8 Å². The number of hydrogen-bond acceptors (Lipinski definition) is 2. The second-order valence-electron chi connectivity index (χ2n) is 5.15. The minimum absolute atomic E-state index is 0.176. The molecular weight excluding hydrogens is 279 g/mol. The van der Waals surface area contributed by atoms with Gasteiger partial charge in [-0.05, 0) is 30.5 Å². The van der Waals surface area contributed by atoms with Crippen molar-refractivity contribution in [3.8, 4) is 11.8 Å². The van der Waals surface area contributed by atoms with Crippen LogP contribution in [0.1, 0.15) is 12.1 Å². The Balaban J connectivity index is 1.62. The van der Waals surface area contributed by atoms with Gasteiger partial charge in [-0.1, -0.05) is 24.1 Å². The van der Waals surface area contributed by atoms with Gasteiger partial charge in [0.2, 0.25) is 0 Å². The highest BCUT2D eigenvalue weighted by molar-refractivity contribution is 5.77. The Morgan fingerprint density at radius 1 is 1.41 bits per heavy atom. The van der Waals surface area contributed by atoms with E-state index in [-0.39, 0.29) is 6.61 Å². The third-order valence-electron chi connectivity index (χ3n) is 3.48. The number of aromatic amines is 1. The van der Waals surface area contributed by atoms with Crippen LogP contribution < -0.4 is 0 Å². The molecule has 0 saturated carbocycles. The maximum absolute atomic E-state index is 12.0. The van der Waals surface area contributed by atoms with Crippen LogP contribution in [0.2, 0.25) is 0 Å². The molecule has 2 aromatic rings. The first kappa shape index (κ1) is 14.6. The zero-order valence-electron chi connectivity index (χ0n) is 12.2. The van der Waals surface area contributed by atoms with Crippen LogP contribution >= 0.6 is 0 Å². The van der Waals surface area contributed by atoms with Crippen molar-refractivity contribution in [2.45, 2.75) is 6.42 Å². The number of rotatable bonds is 4. The van der Waals surface area contributed by atoms with Crippen LogP contribution in [0.4, 0.5) is 4.39 Å². The zero-order valence-corrected chi connectivity index (χ0v) is 12.2. The highest BCUT2D eigenvalue weighted by Gasteiger charge is 2.08. The number of halogens is 1. The number of nitrogens with zero attached hydrogens (tertiary/aromatic N) is 1. The van der Waals surface area contributed by atoms with Gasteiger partial charge in [0.25, 0.3) is 0 Å². The van der Waals surface area contributed by atoms with Gasteiger partial charge >= 0.3 is 0 Å². The molecule has 1 atom stereocenters. The van der Waals surface area contributed by atoms with E-state index in [2.05, 4.69) is 34.0 Å². The van der Waals surface area contributed by atoms with Crippen molar-refractivity contribution >= 4 is 11.0 Å². The summed E-state index contributed by atoms with van der Waals surface area (Å²) in [6, 6.07) is 5.91. The SMILES string of the molecule is FCCOCC1C=CC(C#Cc2cc3cccnc3[nH]2)=CC1. The lowest BCUT2D eigenvalue weighted by Crippen LogP contribution is -2.10. The molecular formula is C18H17FN2O. The molecule has 1 N–H and O–H groups in total. The number of pyridine rings is 1. The lowest BCUT2D eigenvalue weighted by atomic mass is 9.97. The summed E-state index contributed by atoms with van der Waals surface area (Å²) in [7, 11) is 0. The summed E-state index contributed by atoms with van der Waals surface area (Å²) in [4.78, 5) is 7.44. The smallest absolute Gasteiger partial charge is 0.138 e. The minimum atomic E-state index is -0.428. The standard InChI is InChI=1S/C18H17FN2O/c19-9-11-22-13-15-5-3-14(4-6-15)7-8-17-12-16-2-1-10-20-18(16)21-17/h1-5,10,12,15H,6,9,11,13H2,(H,20,21). The fourth-order valence-electron chi connectivity index (χ4n) is 2.33. The average molecular weight is 296 g/mol. The van der Waals surface area contributed by atoms with Crippen molar-refractivity contribution in [3.63, 3.8) is 0 Å². The average Bonchev–Trinajstić information content (AvgIpc) is 2.97. The maximum Gasteiger partial charge on any atom is 0.138 e. The summed E-state index contributed by atoms with van der Waals surface area (Å²) in [6.45, 7) is 0.308. The monoisotopic (exact) mass is 296 g/mol. The minimum Gasteiger partial charge on any atom is -0.378 e. The first-order valence-corrected chi connectivity index (χ1v) is 7.33. The molecule has 4 heteroatoms. The first-order chi connectivity index (χ1) is 10.8. The third kappa shape index (κ3) is 3.63. The number of hydrogen-bond donors (Lipinski definition) is 1. The molecule has 2 aromatic heterocycles. The van der Waals surface area contributed by atoms with E-state index in [1.165, 1.54) is 0 Å². The highest BCUT2D eigenvalue weighted by Crippen LogP contribution is 2.17. The molecule has 112 valence electrons. The Kier molecular flexibility index (Phi) is 4.67. The molecule has 0 amide bonds. The number of alkyl halides is 1. The number of H-pyrrole nitrogens is 1. The molecule has 0 fully saturated rings. The number of ether oxygens (including phenoxy) is 1. The Morgan fingerprint density at radius 2 is 2.36 bits per heavy atom. The van der Waals surface area contributed by atoms with Gasteiger partial charge in [0, 0.05) is 23.1 Å². The lowest BCUT2D eigenvalue weighted by Gasteiger charge is -2.13. The lowest BCUT2D eigenvalue weighted by molar-refractivity contribution is 0.0999. The molecule has 3 rings (SSSR count). The molecule has 0 spiro atoms. The van der Waals surface area contributed by atoms with Crippen LogP contribution in [-0.4, -0.2) is 29.9 Å². The van der Waals surface area contributed by atoms with Crippen LogP contribution in [-0.2, 0) is 4.74 Å². The fourth-order valence-corrected chi connectivity index (χ4v) is 2.33. The molecule has 0 aromatic carbocycles. The van der Waals surface area contributed by atoms with Gasteiger partial charge in [-0.2, -0.15) is 0 Å². The second kappa shape index (κ2) is 7.06. The van der Waals surface area contributed by atoms with Crippen LogP contribution in [0.15, 0.2) is 48.2 Å². The van der Waals surface area contributed by atoms with E-state index in [0.29, 0.717) is 12.5 Å². The summed E-state index contributed by atoms with van der Waals surface area (Å²) in [5.74, 6) is 6.59. The van der Waals surface area contributed by atoms with Crippen LogP contribution in [0.5, 0.6) is 0 Å². The van der Waals surface area contributed by atoms with E-state index in [1.807, 2.05) is 24.3 Å². The quantitative estimate of drug-likeness (QED) is 0.693.